The maximum Gasteiger partial charge on any atom is 0.122 e. The Morgan fingerprint density at radius 1 is 1.33 bits per heavy atom. The topological polar surface area (TPSA) is 38.5 Å². The van der Waals surface area contributed by atoms with Gasteiger partial charge in [-0.05, 0) is 57.0 Å². The zero-order valence-corrected chi connectivity index (χ0v) is 11.5. The molecule has 1 saturated heterocycles. The second-order valence-corrected chi connectivity index (χ2v) is 5.21. The van der Waals surface area contributed by atoms with E-state index in [9.17, 15) is 0 Å². The number of likely N-dealkylation sites (tertiary alicyclic amines) is 1. The second-order valence-electron chi connectivity index (χ2n) is 5.21. The Kier molecular flexibility index (Phi) is 4.61. The van der Waals surface area contributed by atoms with Crippen molar-refractivity contribution in [1.29, 1.82) is 0 Å². The van der Waals surface area contributed by atoms with Gasteiger partial charge in [-0.3, -0.25) is 4.90 Å². The Hall–Kier alpha value is -1.06. The monoisotopic (exact) mass is 248 g/mol. The Balaban J connectivity index is 1.85. The average Bonchev–Trinajstić information content (AvgIpc) is 2.84. The standard InChI is InChI=1S/C15H24N2O/c1-12-11-14(13(2)16)5-6-15(12)18-10-9-17-7-3-4-8-17/h5-6,11,13H,3-4,7-10,16H2,1-2H3/t13-/m0/s1. The van der Waals surface area contributed by atoms with Crippen LogP contribution in [0.3, 0.4) is 0 Å². The Labute approximate surface area is 110 Å². The van der Waals surface area contributed by atoms with E-state index in [0.29, 0.717) is 0 Å². The van der Waals surface area contributed by atoms with Crippen molar-refractivity contribution in [3.05, 3.63) is 29.3 Å². The van der Waals surface area contributed by atoms with Crippen LogP contribution in [0.5, 0.6) is 5.75 Å². The van der Waals surface area contributed by atoms with E-state index in [4.69, 9.17) is 10.5 Å². The predicted molar refractivity (Wildman–Crippen MR) is 75.0 cm³/mol. The summed E-state index contributed by atoms with van der Waals surface area (Å²) in [5.41, 5.74) is 8.21. The van der Waals surface area contributed by atoms with Crippen LogP contribution >= 0.6 is 0 Å². The first-order chi connectivity index (χ1) is 8.66. The van der Waals surface area contributed by atoms with Crippen molar-refractivity contribution in [2.24, 2.45) is 5.73 Å². The molecule has 0 spiro atoms. The average molecular weight is 248 g/mol. The third kappa shape index (κ3) is 3.47. The van der Waals surface area contributed by atoms with Crippen molar-refractivity contribution in [3.8, 4) is 5.75 Å². The molecule has 2 N–H and O–H groups in total. The lowest BCUT2D eigenvalue weighted by Gasteiger charge is -2.16. The van der Waals surface area contributed by atoms with Gasteiger partial charge in [-0.1, -0.05) is 12.1 Å². The number of hydrogen-bond donors (Lipinski definition) is 1. The number of hydrogen-bond acceptors (Lipinski definition) is 3. The molecule has 1 aliphatic heterocycles. The van der Waals surface area contributed by atoms with Crippen molar-refractivity contribution in [1.82, 2.24) is 4.90 Å². The highest BCUT2D eigenvalue weighted by atomic mass is 16.5. The van der Waals surface area contributed by atoms with Crippen molar-refractivity contribution >= 4 is 0 Å². The molecule has 1 fully saturated rings. The zero-order chi connectivity index (χ0) is 13.0. The summed E-state index contributed by atoms with van der Waals surface area (Å²) in [6.45, 7) is 8.35. The number of ether oxygens (including phenoxy) is 1. The fraction of sp³-hybridized carbons (Fsp3) is 0.600. The molecule has 0 aromatic heterocycles. The molecule has 0 amide bonds. The highest BCUT2D eigenvalue weighted by molar-refractivity contribution is 5.37. The van der Waals surface area contributed by atoms with Gasteiger partial charge in [0.1, 0.15) is 12.4 Å². The van der Waals surface area contributed by atoms with Gasteiger partial charge in [0.15, 0.2) is 0 Å². The number of nitrogens with zero attached hydrogens (tertiary/aromatic N) is 1. The molecule has 1 aliphatic rings. The summed E-state index contributed by atoms with van der Waals surface area (Å²) in [4.78, 5) is 2.46. The molecule has 18 heavy (non-hydrogen) atoms. The number of nitrogens with two attached hydrogens (primary N) is 1. The highest BCUT2D eigenvalue weighted by Crippen LogP contribution is 2.21. The lowest BCUT2D eigenvalue weighted by molar-refractivity contribution is 0.237. The molecule has 1 atom stereocenters. The largest absolute Gasteiger partial charge is 0.492 e. The summed E-state index contributed by atoms with van der Waals surface area (Å²) in [5, 5.41) is 0. The second kappa shape index (κ2) is 6.21. The van der Waals surface area contributed by atoms with Gasteiger partial charge >= 0.3 is 0 Å². The molecule has 0 bridgehead atoms. The molecular formula is C15H24N2O. The summed E-state index contributed by atoms with van der Waals surface area (Å²) >= 11 is 0. The fourth-order valence-corrected chi connectivity index (χ4v) is 2.41. The van der Waals surface area contributed by atoms with Gasteiger partial charge in [-0.2, -0.15) is 0 Å². The molecule has 0 unspecified atom stereocenters. The SMILES string of the molecule is Cc1cc([C@H](C)N)ccc1OCCN1CCCC1. The highest BCUT2D eigenvalue weighted by Gasteiger charge is 2.11. The van der Waals surface area contributed by atoms with Crippen molar-refractivity contribution in [3.63, 3.8) is 0 Å². The minimum atomic E-state index is 0.0855. The van der Waals surface area contributed by atoms with Crippen molar-refractivity contribution in [2.75, 3.05) is 26.2 Å². The lowest BCUT2D eigenvalue weighted by atomic mass is 10.1. The van der Waals surface area contributed by atoms with Crippen LogP contribution in [-0.2, 0) is 0 Å². The summed E-state index contributed by atoms with van der Waals surface area (Å²) in [6.07, 6.45) is 2.67. The van der Waals surface area contributed by atoms with Crippen LogP contribution in [0.2, 0.25) is 0 Å². The maximum absolute atomic E-state index is 5.87. The van der Waals surface area contributed by atoms with E-state index in [1.807, 2.05) is 13.0 Å². The van der Waals surface area contributed by atoms with Crippen LogP contribution in [0.4, 0.5) is 0 Å². The van der Waals surface area contributed by atoms with Crippen LogP contribution in [0, 0.1) is 6.92 Å². The van der Waals surface area contributed by atoms with Crippen LogP contribution in [0.1, 0.15) is 36.9 Å². The number of rotatable bonds is 5. The van der Waals surface area contributed by atoms with Crippen molar-refractivity contribution < 1.29 is 4.74 Å². The molecule has 1 aromatic rings. The third-order valence-corrected chi connectivity index (χ3v) is 3.59. The van der Waals surface area contributed by atoms with E-state index >= 15 is 0 Å². The zero-order valence-electron chi connectivity index (χ0n) is 11.5. The predicted octanol–water partition coefficient (Wildman–Crippen LogP) is 2.49. The minimum Gasteiger partial charge on any atom is -0.492 e. The van der Waals surface area contributed by atoms with Gasteiger partial charge in [-0.15, -0.1) is 0 Å². The first kappa shape index (κ1) is 13.4. The molecule has 2 rings (SSSR count). The van der Waals surface area contributed by atoms with Crippen LogP contribution in [0.15, 0.2) is 18.2 Å². The van der Waals surface area contributed by atoms with E-state index in [-0.39, 0.29) is 6.04 Å². The molecule has 1 heterocycles. The minimum absolute atomic E-state index is 0.0855. The van der Waals surface area contributed by atoms with Gasteiger partial charge in [-0.25, -0.2) is 0 Å². The molecular weight excluding hydrogens is 224 g/mol. The van der Waals surface area contributed by atoms with Gasteiger partial charge < -0.3 is 10.5 Å². The molecule has 3 nitrogen and oxygen atoms in total. The quantitative estimate of drug-likeness (QED) is 0.870. The lowest BCUT2D eigenvalue weighted by Crippen LogP contribution is -2.25. The first-order valence-electron chi connectivity index (χ1n) is 6.88. The summed E-state index contributed by atoms with van der Waals surface area (Å²) in [5.74, 6) is 0.985. The summed E-state index contributed by atoms with van der Waals surface area (Å²) < 4.78 is 5.85. The smallest absolute Gasteiger partial charge is 0.122 e. The van der Waals surface area contributed by atoms with Crippen LogP contribution < -0.4 is 10.5 Å². The van der Waals surface area contributed by atoms with E-state index in [1.165, 1.54) is 37.1 Å². The third-order valence-electron chi connectivity index (χ3n) is 3.59. The van der Waals surface area contributed by atoms with E-state index in [2.05, 4.69) is 24.0 Å². The van der Waals surface area contributed by atoms with Crippen molar-refractivity contribution in [2.45, 2.75) is 32.7 Å². The Morgan fingerprint density at radius 3 is 2.67 bits per heavy atom. The van der Waals surface area contributed by atoms with Gasteiger partial charge in [0.05, 0.1) is 0 Å². The molecule has 0 radical (unpaired) electrons. The fourth-order valence-electron chi connectivity index (χ4n) is 2.41. The maximum atomic E-state index is 5.87. The molecule has 100 valence electrons. The number of benzene rings is 1. The van der Waals surface area contributed by atoms with Crippen LogP contribution in [0.25, 0.3) is 0 Å². The normalized spacial score (nSPS) is 17.9. The Bertz CT molecular complexity index is 384. The number of aryl methyl sites for hydroxylation is 1. The van der Waals surface area contributed by atoms with Gasteiger partial charge in [0.25, 0.3) is 0 Å². The summed E-state index contributed by atoms with van der Waals surface area (Å²) in [6, 6.07) is 6.30. The van der Waals surface area contributed by atoms with Gasteiger partial charge in [0.2, 0.25) is 0 Å². The Morgan fingerprint density at radius 2 is 2.06 bits per heavy atom. The van der Waals surface area contributed by atoms with Gasteiger partial charge in [0, 0.05) is 12.6 Å². The molecule has 3 heteroatoms. The van der Waals surface area contributed by atoms with E-state index < -0.39 is 0 Å². The van der Waals surface area contributed by atoms with E-state index in [1.54, 1.807) is 0 Å². The first-order valence-corrected chi connectivity index (χ1v) is 6.88. The molecule has 0 saturated carbocycles. The van der Waals surface area contributed by atoms with Crippen LogP contribution in [-0.4, -0.2) is 31.1 Å². The molecule has 1 aromatic carbocycles. The summed E-state index contributed by atoms with van der Waals surface area (Å²) in [7, 11) is 0. The van der Waals surface area contributed by atoms with E-state index in [0.717, 1.165) is 18.9 Å². The molecule has 0 aliphatic carbocycles.